The van der Waals surface area contributed by atoms with E-state index in [4.69, 9.17) is 10.1 Å². The van der Waals surface area contributed by atoms with Gasteiger partial charge in [0.05, 0.1) is 0 Å². The van der Waals surface area contributed by atoms with Crippen molar-refractivity contribution in [2.24, 2.45) is 4.99 Å². The summed E-state index contributed by atoms with van der Waals surface area (Å²) in [5, 5.41) is 4.79. The van der Waals surface area contributed by atoms with Gasteiger partial charge >= 0.3 is 0 Å². The fourth-order valence-electron chi connectivity index (χ4n) is 3.10. The van der Waals surface area contributed by atoms with E-state index in [1.807, 2.05) is 41.1 Å². The first-order valence-corrected chi connectivity index (χ1v) is 8.41. The zero-order valence-corrected chi connectivity index (χ0v) is 14.4. The van der Waals surface area contributed by atoms with Crippen LogP contribution in [0.3, 0.4) is 0 Å². The van der Waals surface area contributed by atoms with Gasteiger partial charge in [-0.3, -0.25) is 0 Å². The van der Waals surface area contributed by atoms with E-state index in [1.165, 1.54) is 11.1 Å². The molecule has 0 saturated heterocycles. The average molecular weight is 328 g/mol. The van der Waals surface area contributed by atoms with Crippen LogP contribution in [0.5, 0.6) is 0 Å². The second-order valence-corrected chi connectivity index (χ2v) is 6.26. The summed E-state index contributed by atoms with van der Waals surface area (Å²) in [6, 6.07) is 24.7. The Morgan fingerprint density at radius 1 is 0.920 bits per heavy atom. The molecule has 0 aliphatic heterocycles. The number of aromatic nitrogens is 3. The zero-order chi connectivity index (χ0) is 17.2. The highest BCUT2D eigenvalue weighted by atomic mass is 15.4. The first kappa shape index (κ1) is 15.4. The molecule has 0 atom stereocenters. The van der Waals surface area contributed by atoms with Crippen molar-refractivity contribution in [3.63, 3.8) is 0 Å². The molecule has 4 nitrogen and oxygen atoms in total. The van der Waals surface area contributed by atoms with Crippen LogP contribution in [0.1, 0.15) is 16.8 Å². The maximum Gasteiger partial charge on any atom is 0.296 e. The fourth-order valence-corrected chi connectivity index (χ4v) is 3.10. The lowest BCUT2D eigenvalue weighted by atomic mass is 10.2. The SMILES string of the molecule is Cc1cc(C)n2c(=Nc3ccccc3)[n-][n+](Cc3ccccc3)c2c1. The number of fused-ring (bicyclic) bond motifs is 1. The van der Waals surface area contributed by atoms with Gasteiger partial charge in [0.1, 0.15) is 12.2 Å². The Morgan fingerprint density at radius 2 is 1.60 bits per heavy atom. The molecule has 25 heavy (non-hydrogen) atoms. The molecule has 0 bridgehead atoms. The summed E-state index contributed by atoms with van der Waals surface area (Å²) in [6.07, 6.45) is 0. The monoisotopic (exact) mass is 328 g/mol. The van der Waals surface area contributed by atoms with Crippen LogP contribution in [0.2, 0.25) is 0 Å². The highest BCUT2D eigenvalue weighted by Crippen LogP contribution is 2.10. The van der Waals surface area contributed by atoms with Crippen LogP contribution in [0, 0.1) is 13.8 Å². The largest absolute Gasteiger partial charge is 0.323 e. The number of aryl methyl sites for hydroxylation is 2. The molecular formula is C21H20N4. The van der Waals surface area contributed by atoms with Crippen molar-refractivity contribution < 1.29 is 4.68 Å². The summed E-state index contributed by atoms with van der Waals surface area (Å²) in [5.74, 6) is 0. The summed E-state index contributed by atoms with van der Waals surface area (Å²) in [5.41, 5.74) is 6.23. The predicted molar refractivity (Wildman–Crippen MR) is 97.6 cm³/mol. The third kappa shape index (κ3) is 3.11. The van der Waals surface area contributed by atoms with Crippen molar-refractivity contribution in [1.29, 1.82) is 0 Å². The first-order chi connectivity index (χ1) is 12.2. The Kier molecular flexibility index (Phi) is 3.94. The van der Waals surface area contributed by atoms with Crippen molar-refractivity contribution >= 4 is 11.3 Å². The van der Waals surface area contributed by atoms with Crippen molar-refractivity contribution in [3.05, 3.63) is 95.2 Å². The molecule has 124 valence electrons. The van der Waals surface area contributed by atoms with Gasteiger partial charge in [0.2, 0.25) is 5.62 Å². The Balaban J connectivity index is 1.93. The van der Waals surface area contributed by atoms with Gasteiger partial charge in [0.15, 0.2) is 0 Å². The van der Waals surface area contributed by atoms with Crippen molar-refractivity contribution in [2.45, 2.75) is 20.4 Å². The number of nitrogens with zero attached hydrogens (tertiary/aromatic N) is 4. The summed E-state index contributed by atoms with van der Waals surface area (Å²) >= 11 is 0. The quantitative estimate of drug-likeness (QED) is 0.532. The topological polar surface area (TPSA) is 34.8 Å². The standard InChI is InChI=1S/C21H20N4/c1-16-13-17(2)25-20(14-16)24(15-18-9-5-3-6-10-18)23-21(25)22-19-11-7-4-8-12-19/h3-14H,15H2,1-2H3. The van der Waals surface area contributed by atoms with Crippen molar-refractivity contribution in [3.8, 4) is 0 Å². The number of pyridine rings is 1. The summed E-state index contributed by atoms with van der Waals surface area (Å²) in [7, 11) is 0. The molecule has 0 saturated carbocycles. The smallest absolute Gasteiger partial charge is 0.296 e. The molecule has 0 aliphatic rings. The lowest BCUT2D eigenvalue weighted by Gasteiger charge is -2.00. The number of hydrogen-bond acceptors (Lipinski definition) is 1. The van der Waals surface area contributed by atoms with Gasteiger partial charge in [-0.2, -0.15) is 14.2 Å². The fraction of sp³-hybridized carbons (Fsp3) is 0.143. The Bertz CT molecular complexity index is 1070. The highest BCUT2D eigenvalue weighted by Gasteiger charge is 2.14. The summed E-state index contributed by atoms with van der Waals surface area (Å²) < 4.78 is 4.14. The summed E-state index contributed by atoms with van der Waals surface area (Å²) in [6.45, 7) is 4.93. The normalized spacial score (nSPS) is 12.0. The van der Waals surface area contributed by atoms with E-state index in [0.717, 1.165) is 23.6 Å². The molecule has 0 fully saturated rings. The van der Waals surface area contributed by atoms with Crippen molar-refractivity contribution in [2.75, 3.05) is 0 Å². The first-order valence-electron chi connectivity index (χ1n) is 8.41. The van der Waals surface area contributed by atoms with Crippen LogP contribution in [0.4, 0.5) is 5.69 Å². The number of rotatable bonds is 3. The van der Waals surface area contributed by atoms with Gasteiger partial charge in [-0.15, -0.1) is 0 Å². The molecule has 0 N–H and O–H groups in total. The minimum Gasteiger partial charge on any atom is -0.323 e. The molecule has 0 spiro atoms. The Hall–Kier alpha value is -3.14. The van der Waals surface area contributed by atoms with Crippen LogP contribution in [-0.2, 0) is 6.54 Å². The molecule has 4 aromatic rings. The van der Waals surface area contributed by atoms with E-state index in [9.17, 15) is 0 Å². The molecule has 2 heterocycles. The lowest BCUT2D eigenvalue weighted by Crippen LogP contribution is -2.40. The van der Waals surface area contributed by atoms with E-state index in [2.05, 4.69) is 54.6 Å². The van der Waals surface area contributed by atoms with Gasteiger partial charge in [-0.1, -0.05) is 60.7 Å². The molecule has 0 unspecified atom stereocenters. The highest BCUT2D eigenvalue weighted by molar-refractivity contribution is 5.39. The van der Waals surface area contributed by atoms with Crippen LogP contribution < -0.4 is 15.4 Å². The molecule has 0 aliphatic carbocycles. The van der Waals surface area contributed by atoms with E-state index in [1.54, 1.807) is 0 Å². The number of benzene rings is 2. The molecule has 2 aromatic heterocycles. The van der Waals surface area contributed by atoms with Crippen LogP contribution in [-0.4, -0.2) is 4.40 Å². The lowest BCUT2D eigenvalue weighted by molar-refractivity contribution is -0.725. The van der Waals surface area contributed by atoms with Crippen LogP contribution in [0.15, 0.2) is 77.8 Å². The predicted octanol–water partition coefficient (Wildman–Crippen LogP) is 3.08. The third-order valence-electron chi connectivity index (χ3n) is 4.21. The molecule has 0 radical (unpaired) electrons. The van der Waals surface area contributed by atoms with E-state index in [-0.39, 0.29) is 0 Å². The Labute approximate surface area is 146 Å². The number of para-hydroxylation sites is 1. The van der Waals surface area contributed by atoms with Gasteiger partial charge < -0.3 is 4.99 Å². The number of hydrogen-bond donors (Lipinski definition) is 0. The van der Waals surface area contributed by atoms with E-state index >= 15 is 0 Å². The van der Waals surface area contributed by atoms with E-state index < -0.39 is 0 Å². The summed E-state index contributed by atoms with van der Waals surface area (Å²) in [4.78, 5) is 4.75. The Morgan fingerprint density at radius 3 is 2.32 bits per heavy atom. The minimum atomic E-state index is 0.703. The average Bonchev–Trinajstić information content (AvgIpc) is 2.94. The van der Waals surface area contributed by atoms with Gasteiger partial charge in [0.25, 0.3) is 5.65 Å². The molecule has 2 aromatic carbocycles. The maximum absolute atomic E-state index is 4.79. The van der Waals surface area contributed by atoms with Crippen LogP contribution in [0.25, 0.3) is 5.65 Å². The van der Waals surface area contributed by atoms with Crippen LogP contribution >= 0.6 is 0 Å². The van der Waals surface area contributed by atoms with Gasteiger partial charge in [-0.05, 0) is 36.7 Å². The minimum absolute atomic E-state index is 0.703. The van der Waals surface area contributed by atoms with Gasteiger partial charge in [0, 0.05) is 6.07 Å². The van der Waals surface area contributed by atoms with Gasteiger partial charge in [-0.25, -0.2) is 0 Å². The molecule has 4 rings (SSSR count). The second-order valence-electron chi connectivity index (χ2n) is 6.26. The zero-order valence-electron chi connectivity index (χ0n) is 14.4. The van der Waals surface area contributed by atoms with Crippen molar-refractivity contribution in [1.82, 2.24) is 9.50 Å². The third-order valence-corrected chi connectivity index (χ3v) is 4.21. The maximum atomic E-state index is 4.79. The molecule has 4 heteroatoms. The molecular weight excluding hydrogens is 308 g/mol. The van der Waals surface area contributed by atoms with E-state index in [0.29, 0.717) is 5.62 Å². The molecule has 0 amide bonds. The second kappa shape index (κ2) is 6.40.